The Kier molecular flexibility index (Phi) is 14.9. The van der Waals surface area contributed by atoms with E-state index in [0.29, 0.717) is 0 Å². The van der Waals surface area contributed by atoms with Gasteiger partial charge >= 0.3 is 5.97 Å². The zero-order valence-corrected chi connectivity index (χ0v) is 14.2. The Labute approximate surface area is 131 Å². The molecule has 0 unspecified atom stereocenters. The maximum absolute atomic E-state index is 11.3. The third-order valence-electron chi connectivity index (χ3n) is 3.73. The average Bonchev–Trinajstić information content (AvgIpc) is 2.51. The molecule has 1 atom stereocenters. The third-order valence-corrected chi connectivity index (χ3v) is 3.73. The van der Waals surface area contributed by atoms with Crippen LogP contribution in [0.25, 0.3) is 0 Å². The Morgan fingerprint density at radius 1 is 0.905 bits per heavy atom. The van der Waals surface area contributed by atoms with Crippen LogP contribution in [0.3, 0.4) is 0 Å². The van der Waals surface area contributed by atoms with Crippen molar-refractivity contribution in [1.82, 2.24) is 0 Å². The smallest absolute Gasteiger partial charge is 0.334 e. The fourth-order valence-corrected chi connectivity index (χ4v) is 2.34. The monoisotopic (exact) mass is 298 g/mol. The van der Waals surface area contributed by atoms with E-state index in [0.717, 1.165) is 19.3 Å². The van der Waals surface area contributed by atoms with Gasteiger partial charge in [-0.25, -0.2) is 4.79 Å². The molecular weight excluding hydrogens is 264 g/mol. The molecule has 0 aliphatic heterocycles. The van der Waals surface area contributed by atoms with Crippen molar-refractivity contribution in [3.63, 3.8) is 0 Å². The van der Waals surface area contributed by atoms with Crippen molar-refractivity contribution in [2.24, 2.45) is 0 Å². The first-order valence-corrected chi connectivity index (χ1v) is 8.51. The van der Waals surface area contributed by atoms with E-state index in [1.807, 2.05) is 0 Å². The second-order valence-corrected chi connectivity index (χ2v) is 5.56. The Morgan fingerprint density at radius 3 is 2.05 bits per heavy atom. The topological polar surface area (TPSA) is 35.5 Å². The van der Waals surface area contributed by atoms with Gasteiger partial charge in [0.25, 0.3) is 0 Å². The maximum atomic E-state index is 11.3. The standard InChI is InChI=1S/C18H34O3/c1-4-5-6-7-8-9-10-11-12-13-14-15-16-17(20-2)18(19)21-3/h12-13,17H,4-11,14-16H2,1-3H3/b13-12-/t17-/m1/s1. The molecule has 124 valence electrons. The largest absolute Gasteiger partial charge is 0.467 e. The summed E-state index contributed by atoms with van der Waals surface area (Å²) in [5.74, 6) is -0.274. The molecule has 0 amide bonds. The summed E-state index contributed by atoms with van der Waals surface area (Å²) >= 11 is 0. The molecule has 21 heavy (non-hydrogen) atoms. The number of carbonyl (C=O) groups excluding carboxylic acids is 1. The molecule has 0 aromatic rings. The molecular formula is C18H34O3. The SMILES string of the molecule is CCCCCCCCC/C=C\CCC[C@@H](OC)C(=O)OC. The van der Waals surface area contributed by atoms with E-state index >= 15 is 0 Å². The number of ether oxygens (including phenoxy) is 2. The van der Waals surface area contributed by atoms with Crippen LogP contribution in [0.4, 0.5) is 0 Å². The van der Waals surface area contributed by atoms with Crippen molar-refractivity contribution in [1.29, 1.82) is 0 Å². The summed E-state index contributed by atoms with van der Waals surface area (Å²) in [6, 6.07) is 0. The highest BCUT2D eigenvalue weighted by atomic mass is 16.6. The van der Waals surface area contributed by atoms with Crippen molar-refractivity contribution in [3.8, 4) is 0 Å². The average molecular weight is 298 g/mol. The number of rotatable bonds is 14. The van der Waals surface area contributed by atoms with E-state index in [2.05, 4.69) is 23.8 Å². The second-order valence-electron chi connectivity index (χ2n) is 5.56. The van der Waals surface area contributed by atoms with Crippen LogP contribution in [-0.2, 0) is 14.3 Å². The summed E-state index contributed by atoms with van der Waals surface area (Å²) < 4.78 is 9.78. The van der Waals surface area contributed by atoms with Gasteiger partial charge < -0.3 is 9.47 Å². The van der Waals surface area contributed by atoms with Crippen LogP contribution in [0, 0.1) is 0 Å². The number of hydrogen-bond acceptors (Lipinski definition) is 3. The number of carbonyl (C=O) groups is 1. The molecule has 0 fully saturated rings. The molecule has 0 radical (unpaired) electrons. The van der Waals surface area contributed by atoms with E-state index in [1.165, 1.54) is 58.5 Å². The predicted molar refractivity (Wildman–Crippen MR) is 88.4 cm³/mol. The van der Waals surface area contributed by atoms with Crippen LogP contribution in [-0.4, -0.2) is 26.3 Å². The Hall–Kier alpha value is -0.830. The molecule has 3 nitrogen and oxygen atoms in total. The van der Waals surface area contributed by atoms with Crippen molar-refractivity contribution >= 4 is 5.97 Å². The van der Waals surface area contributed by atoms with Crippen LogP contribution in [0.1, 0.15) is 77.6 Å². The maximum Gasteiger partial charge on any atom is 0.334 e. The van der Waals surface area contributed by atoms with Crippen LogP contribution in [0.5, 0.6) is 0 Å². The van der Waals surface area contributed by atoms with E-state index in [9.17, 15) is 4.79 Å². The molecule has 0 aliphatic carbocycles. The lowest BCUT2D eigenvalue weighted by atomic mass is 10.1. The highest BCUT2D eigenvalue weighted by Crippen LogP contribution is 2.10. The molecule has 0 saturated carbocycles. The highest BCUT2D eigenvalue weighted by molar-refractivity contribution is 5.74. The van der Waals surface area contributed by atoms with Gasteiger partial charge in [0.2, 0.25) is 0 Å². The first kappa shape index (κ1) is 20.2. The molecule has 0 aliphatic rings. The molecule has 0 bridgehead atoms. The number of unbranched alkanes of at least 4 members (excludes halogenated alkanes) is 8. The molecule has 0 spiro atoms. The summed E-state index contributed by atoms with van der Waals surface area (Å²) in [5.41, 5.74) is 0. The lowest BCUT2D eigenvalue weighted by Crippen LogP contribution is -2.24. The molecule has 0 aromatic heterocycles. The van der Waals surface area contributed by atoms with Gasteiger partial charge in [0.05, 0.1) is 7.11 Å². The fourth-order valence-electron chi connectivity index (χ4n) is 2.34. The molecule has 3 heteroatoms. The lowest BCUT2D eigenvalue weighted by molar-refractivity contribution is -0.152. The van der Waals surface area contributed by atoms with Gasteiger partial charge in [-0.2, -0.15) is 0 Å². The van der Waals surface area contributed by atoms with Crippen molar-refractivity contribution in [2.75, 3.05) is 14.2 Å². The molecule has 0 rings (SSSR count). The second kappa shape index (κ2) is 15.6. The summed E-state index contributed by atoms with van der Waals surface area (Å²) in [6.45, 7) is 2.25. The van der Waals surface area contributed by atoms with Crippen LogP contribution < -0.4 is 0 Å². The quantitative estimate of drug-likeness (QED) is 0.256. The zero-order valence-electron chi connectivity index (χ0n) is 14.2. The van der Waals surface area contributed by atoms with E-state index in [4.69, 9.17) is 4.74 Å². The minimum Gasteiger partial charge on any atom is -0.467 e. The minimum absolute atomic E-state index is 0.274. The van der Waals surface area contributed by atoms with Crippen molar-refractivity contribution in [2.45, 2.75) is 83.7 Å². The van der Waals surface area contributed by atoms with Crippen molar-refractivity contribution in [3.05, 3.63) is 12.2 Å². The normalized spacial score (nSPS) is 12.7. The van der Waals surface area contributed by atoms with E-state index < -0.39 is 6.10 Å². The van der Waals surface area contributed by atoms with E-state index in [1.54, 1.807) is 7.11 Å². The number of allylic oxidation sites excluding steroid dienone is 2. The Bertz CT molecular complexity index is 261. The number of methoxy groups -OCH3 is 2. The minimum atomic E-state index is -0.411. The Balaban J connectivity index is 3.38. The van der Waals surface area contributed by atoms with Crippen LogP contribution >= 0.6 is 0 Å². The van der Waals surface area contributed by atoms with Gasteiger partial charge in [0.1, 0.15) is 0 Å². The summed E-state index contributed by atoms with van der Waals surface area (Å²) in [6.07, 6.45) is 17.5. The van der Waals surface area contributed by atoms with Gasteiger partial charge in [-0.1, -0.05) is 57.6 Å². The number of esters is 1. The fraction of sp³-hybridized carbons (Fsp3) is 0.833. The van der Waals surface area contributed by atoms with Crippen LogP contribution in [0.2, 0.25) is 0 Å². The predicted octanol–water partition coefficient (Wildman–Crippen LogP) is 5.04. The number of hydrogen-bond donors (Lipinski definition) is 0. The molecule has 0 aromatic carbocycles. The zero-order chi connectivity index (χ0) is 15.8. The van der Waals surface area contributed by atoms with Gasteiger partial charge in [-0.05, 0) is 32.1 Å². The third kappa shape index (κ3) is 12.6. The highest BCUT2D eigenvalue weighted by Gasteiger charge is 2.16. The van der Waals surface area contributed by atoms with Crippen molar-refractivity contribution < 1.29 is 14.3 Å². The summed E-state index contributed by atoms with van der Waals surface area (Å²) in [7, 11) is 2.95. The molecule has 0 N–H and O–H groups in total. The van der Waals surface area contributed by atoms with Gasteiger partial charge in [0.15, 0.2) is 6.10 Å². The molecule has 0 heterocycles. The first-order valence-electron chi connectivity index (χ1n) is 8.51. The molecule has 0 saturated heterocycles. The van der Waals surface area contributed by atoms with Gasteiger partial charge in [-0.15, -0.1) is 0 Å². The lowest BCUT2D eigenvalue weighted by Gasteiger charge is -2.11. The van der Waals surface area contributed by atoms with Gasteiger partial charge in [-0.3, -0.25) is 0 Å². The summed E-state index contributed by atoms with van der Waals surface area (Å²) in [5, 5.41) is 0. The Morgan fingerprint density at radius 2 is 1.48 bits per heavy atom. The van der Waals surface area contributed by atoms with Crippen LogP contribution in [0.15, 0.2) is 12.2 Å². The summed E-state index contributed by atoms with van der Waals surface area (Å²) in [4.78, 5) is 11.3. The first-order chi connectivity index (χ1) is 10.3. The van der Waals surface area contributed by atoms with E-state index in [-0.39, 0.29) is 5.97 Å². The van der Waals surface area contributed by atoms with Gasteiger partial charge in [0, 0.05) is 7.11 Å².